The van der Waals surface area contributed by atoms with Gasteiger partial charge in [-0.3, -0.25) is 9.48 Å². The Balaban J connectivity index is 1.64. The van der Waals surface area contributed by atoms with E-state index in [1.54, 1.807) is 17.5 Å². The summed E-state index contributed by atoms with van der Waals surface area (Å²) in [6, 6.07) is 11.8. The Kier molecular flexibility index (Phi) is 5.38. The minimum absolute atomic E-state index is 0.0452. The van der Waals surface area contributed by atoms with Gasteiger partial charge in [0.25, 0.3) is 0 Å². The molecule has 0 bridgehead atoms. The van der Waals surface area contributed by atoms with Crippen molar-refractivity contribution in [2.75, 3.05) is 0 Å². The van der Waals surface area contributed by atoms with Gasteiger partial charge < -0.3 is 5.32 Å². The first-order chi connectivity index (χ1) is 11.7. The molecule has 0 aliphatic heterocycles. The standard InChI is InChI=1S/C18H20N4OS/c1-14-17(24-13-19-14)8-9-18(23)21-16(12-22-11-5-10-20-22)15-6-3-2-4-7-15/h2-7,10-11,13,16H,8-9,12H2,1H3,(H,21,23)/t16-/m1/s1. The van der Waals surface area contributed by atoms with E-state index >= 15 is 0 Å². The number of benzene rings is 1. The minimum atomic E-state index is -0.0962. The van der Waals surface area contributed by atoms with Crippen LogP contribution >= 0.6 is 11.3 Å². The van der Waals surface area contributed by atoms with Crippen molar-refractivity contribution in [3.05, 3.63) is 70.4 Å². The van der Waals surface area contributed by atoms with Gasteiger partial charge in [-0.05, 0) is 25.0 Å². The Morgan fingerprint density at radius 3 is 2.79 bits per heavy atom. The van der Waals surface area contributed by atoms with Gasteiger partial charge in [0.15, 0.2) is 0 Å². The summed E-state index contributed by atoms with van der Waals surface area (Å²) in [5.41, 5.74) is 3.92. The lowest BCUT2D eigenvalue weighted by Gasteiger charge is -2.19. The predicted octanol–water partition coefficient (Wildman–Crippen LogP) is 3.14. The van der Waals surface area contributed by atoms with E-state index in [4.69, 9.17) is 0 Å². The van der Waals surface area contributed by atoms with Crippen LogP contribution in [0.15, 0.2) is 54.3 Å². The third-order valence-corrected chi connectivity index (χ3v) is 4.88. The zero-order valence-electron chi connectivity index (χ0n) is 13.6. The number of amides is 1. The molecule has 124 valence electrons. The maximum Gasteiger partial charge on any atom is 0.220 e. The van der Waals surface area contributed by atoms with Crippen molar-refractivity contribution in [3.8, 4) is 0 Å². The highest BCUT2D eigenvalue weighted by Gasteiger charge is 2.16. The van der Waals surface area contributed by atoms with Crippen molar-refractivity contribution in [2.45, 2.75) is 32.4 Å². The van der Waals surface area contributed by atoms with Crippen molar-refractivity contribution in [3.63, 3.8) is 0 Å². The molecule has 1 amide bonds. The van der Waals surface area contributed by atoms with E-state index in [2.05, 4.69) is 15.4 Å². The molecule has 1 N–H and O–H groups in total. The minimum Gasteiger partial charge on any atom is -0.347 e. The second kappa shape index (κ2) is 7.88. The van der Waals surface area contributed by atoms with E-state index in [0.717, 1.165) is 17.7 Å². The normalized spacial score (nSPS) is 12.0. The molecule has 3 aromatic rings. The molecule has 0 spiro atoms. The first-order valence-corrected chi connectivity index (χ1v) is 8.81. The SMILES string of the molecule is Cc1ncsc1CCC(=O)N[C@H](Cn1cccn1)c1ccccc1. The van der Waals surface area contributed by atoms with Crippen molar-refractivity contribution in [1.29, 1.82) is 0 Å². The van der Waals surface area contributed by atoms with E-state index in [9.17, 15) is 4.79 Å². The number of hydrogen-bond acceptors (Lipinski definition) is 4. The molecule has 2 aromatic heterocycles. The first kappa shape index (κ1) is 16.4. The molecule has 0 aliphatic rings. The van der Waals surface area contributed by atoms with Crippen LogP contribution in [-0.4, -0.2) is 20.7 Å². The van der Waals surface area contributed by atoms with Gasteiger partial charge in [-0.1, -0.05) is 30.3 Å². The average molecular weight is 340 g/mol. The molecule has 0 radical (unpaired) electrons. The number of rotatable bonds is 7. The van der Waals surface area contributed by atoms with Gasteiger partial charge in [0.2, 0.25) is 5.91 Å². The Morgan fingerprint density at radius 1 is 1.29 bits per heavy atom. The van der Waals surface area contributed by atoms with Crippen LogP contribution in [0.3, 0.4) is 0 Å². The van der Waals surface area contributed by atoms with Gasteiger partial charge in [-0.15, -0.1) is 11.3 Å². The molecule has 5 nitrogen and oxygen atoms in total. The van der Waals surface area contributed by atoms with E-state index in [1.165, 1.54) is 4.88 Å². The number of aromatic nitrogens is 3. The van der Waals surface area contributed by atoms with Crippen LogP contribution in [0.5, 0.6) is 0 Å². The summed E-state index contributed by atoms with van der Waals surface area (Å²) < 4.78 is 1.84. The molecule has 3 rings (SSSR count). The molecule has 6 heteroatoms. The van der Waals surface area contributed by atoms with Crippen LogP contribution in [0, 0.1) is 6.92 Å². The number of aryl methyl sites for hydroxylation is 2. The summed E-state index contributed by atoms with van der Waals surface area (Å²) in [5, 5.41) is 7.38. The summed E-state index contributed by atoms with van der Waals surface area (Å²) in [7, 11) is 0. The van der Waals surface area contributed by atoms with Crippen LogP contribution < -0.4 is 5.32 Å². The van der Waals surface area contributed by atoms with Crippen molar-refractivity contribution < 1.29 is 4.79 Å². The van der Waals surface area contributed by atoms with E-state index in [1.807, 2.05) is 59.7 Å². The molecule has 1 atom stereocenters. The second-order valence-electron chi connectivity index (χ2n) is 5.62. The summed E-state index contributed by atoms with van der Waals surface area (Å²) in [5.74, 6) is 0.0452. The lowest BCUT2D eigenvalue weighted by molar-refractivity contribution is -0.121. The lowest BCUT2D eigenvalue weighted by atomic mass is 10.1. The van der Waals surface area contributed by atoms with Crippen molar-refractivity contribution in [2.24, 2.45) is 0 Å². The molecule has 0 unspecified atom stereocenters. The molecule has 0 saturated heterocycles. The largest absolute Gasteiger partial charge is 0.347 e. The second-order valence-corrected chi connectivity index (χ2v) is 6.56. The maximum absolute atomic E-state index is 12.4. The first-order valence-electron chi connectivity index (χ1n) is 7.93. The topological polar surface area (TPSA) is 59.8 Å². The Morgan fingerprint density at radius 2 is 2.12 bits per heavy atom. The fraction of sp³-hybridized carbons (Fsp3) is 0.278. The lowest BCUT2D eigenvalue weighted by Crippen LogP contribution is -2.31. The fourth-order valence-electron chi connectivity index (χ4n) is 2.57. The fourth-order valence-corrected chi connectivity index (χ4v) is 3.36. The molecule has 0 saturated carbocycles. The van der Waals surface area contributed by atoms with Gasteiger partial charge >= 0.3 is 0 Å². The highest BCUT2D eigenvalue weighted by Crippen LogP contribution is 2.17. The van der Waals surface area contributed by atoms with Gasteiger partial charge in [-0.25, -0.2) is 4.98 Å². The average Bonchev–Trinajstić information content (AvgIpc) is 3.25. The van der Waals surface area contributed by atoms with Gasteiger partial charge in [0.05, 0.1) is 23.8 Å². The monoisotopic (exact) mass is 340 g/mol. The predicted molar refractivity (Wildman–Crippen MR) is 94.7 cm³/mol. The van der Waals surface area contributed by atoms with Crippen LogP contribution in [0.1, 0.15) is 28.6 Å². The van der Waals surface area contributed by atoms with Crippen LogP contribution in [0.4, 0.5) is 0 Å². The number of nitrogens with zero attached hydrogens (tertiary/aromatic N) is 3. The molecule has 1 aromatic carbocycles. The van der Waals surface area contributed by atoms with E-state index in [0.29, 0.717) is 13.0 Å². The third-order valence-electron chi connectivity index (χ3n) is 3.89. The molecule has 0 aliphatic carbocycles. The van der Waals surface area contributed by atoms with E-state index in [-0.39, 0.29) is 11.9 Å². The van der Waals surface area contributed by atoms with Crippen LogP contribution in [0.25, 0.3) is 0 Å². The Bertz CT molecular complexity index is 767. The maximum atomic E-state index is 12.4. The highest BCUT2D eigenvalue weighted by atomic mass is 32.1. The van der Waals surface area contributed by atoms with Crippen LogP contribution in [-0.2, 0) is 17.8 Å². The summed E-state index contributed by atoms with van der Waals surface area (Å²) in [6.07, 6.45) is 4.84. The number of nitrogens with one attached hydrogen (secondary N) is 1. The Labute approximate surface area is 145 Å². The molecule has 0 fully saturated rings. The number of hydrogen-bond donors (Lipinski definition) is 1. The van der Waals surface area contributed by atoms with Crippen molar-refractivity contribution in [1.82, 2.24) is 20.1 Å². The van der Waals surface area contributed by atoms with Crippen molar-refractivity contribution >= 4 is 17.2 Å². The molecule has 24 heavy (non-hydrogen) atoms. The van der Waals surface area contributed by atoms with E-state index < -0.39 is 0 Å². The summed E-state index contributed by atoms with van der Waals surface area (Å²) in [4.78, 5) is 17.8. The molecular formula is C18H20N4OS. The zero-order valence-corrected chi connectivity index (χ0v) is 14.4. The summed E-state index contributed by atoms with van der Waals surface area (Å²) >= 11 is 1.61. The quantitative estimate of drug-likeness (QED) is 0.719. The van der Waals surface area contributed by atoms with Gasteiger partial charge in [0.1, 0.15) is 0 Å². The zero-order chi connectivity index (χ0) is 16.8. The third kappa shape index (κ3) is 4.29. The summed E-state index contributed by atoms with van der Waals surface area (Å²) in [6.45, 7) is 2.59. The smallest absolute Gasteiger partial charge is 0.220 e. The Hall–Kier alpha value is -2.47. The molecule has 2 heterocycles. The van der Waals surface area contributed by atoms with Gasteiger partial charge in [-0.2, -0.15) is 5.10 Å². The molecular weight excluding hydrogens is 320 g/mol. The number of carbonyl (C=O) groups is 1. The number of thiazole rings is 1. The number of carbonyl (C=O) groups excluding carboxylic acids is 1. The highest BCUT2D eigenvalue weighted by molar-refractivity contribution is 7.09. The van der Waals surface area contributed by atoms with Crippen LogP contribution in [0.2, 0.25) is 0 Å². The van der Waals surface area contributed by atoms with Gasteiger partial charge in [0, 0.05) is 23.7 Å².